The quantitative estimate of drug-likeness (QED) is 0.0596. The van der Waals surface area contributed by atoms with Crippen LogP contribution in [0, 0.1) is 49.4 Å². The van der Waals surface area contributed by atoms with Gasteiger partial charge in [0.15, 0.2) is 0 Å². The first-order valence-electron chi connectivity index (χ1n) is 35.4. The van der Waals surface area contributed by atoms with Gasteiger partial charge in [-0.3, -0.25) is 4.79 Å². The summed E-state index contributed by atoms with van der Waals surface area (Å²) in [5.41, 5.74) is 20.4. The van der Waals surface area contributed by atoms with E-state index in [1.165, 1.54) is 96.3 Å². The summed E-state index contributed by atoms with van der Waals surface area (Å²) in [4.78, 5) is 51.9. The molecule has 6 aliphatic carbocycles. The first-order chi connectivity index (χ1) is 43.3. The van der Waals surface area contributed by atoms with Gasteiger partial charge in [-0.2, -0.15) is 9.90 Å². The van der Waals surface area contributed by atoms with Crippen LogP contribution < -0.4 is 38.5 Å². The van der Waals surface area contributed by atoms with E-state index in [1.54, 1.807) is 0 Å². The van der Waals surface area contributed by atoms with Crippen molar-refractivity contribution in [1.82, 2.24) is 30.6 Å². The highest BCUT2D eigenvalue weighted by Crippen LogP contribution is 2.31. The van der Waals surface area contributed by atoms with Crippen molar-refractivity contribution in [2.45, 2.75) is 304 Å². The lowest BCUT2D eigenvalue weighted by Gasteiger charge is -2.29. The van der Waals surface area contributed by atoms with Crippen molar-refractivity contribution in [2.24, 2.45) is 52.7 Å². The summed E-state index contributed by atoms with van der Waals surface area (Å²) >= 11 is 0. The van der Waals surface area contributed by atoms with E-state index in [1.807, 2.05) is 78.8 Å². The molecule has 2 heterocycles. The topological polar surface area (TPSA) is 288 Å². The fourth-order valence-electron chi connectivity index (χ4n) is 13.3. The lowest BCUT2D eigenvalue weighted by molar-refractivity contribution is -0.142. The van der Waals surface area contributed by atoms with Crippen molar-refractivity contribution in [3.63, 3.8) is 0 Å². The first-order valence-corrected chi connectivity index (χ1v) is 35.4. The van der Waals surface area contributed by atoms with Gasteiger partial charge in [0, 0.05) is 53.6 Å². The predicted molar refractivity (Wildman–Crippen MR) is 390 cm³/mol. The number of nitrogens with two attached hydrogens (primary N) is 3. The number of para-hydroxylation sites is 2. The molecule has 19 heteroatoms. The van der Waals surface area contributed by atoms with Gasteiger partial charge in [-0.05, 0) is 258 Å². The number of carboxylic acid groups (broad SMARTS) is 1. The molecule has 0 spiro atoms. The second-order valence-corrected chi connectivity index (χ2v) is 29.1. The third-order valence-corrected chi connectivity index (χ3v) is 19.4. The minimum Gasteiger partial charge on any atom is -0.481 e. The van der Waals surface area contributed by atoms with Crippen LogP contribution in [-0.4, -0.2) is 109 Å². The number of hydrogen-bond donors (Lipinski definition) is 9. The molecule has 6 saturated carbocycles. The lowest BCUT2D eigenvalue weighted by atomic mass is 9.85. The number of anilines is 2. The third kappa shape index (κ3) is 31.6. The van der Waals surface area contributed by atoms with E-state index in [2.05, 4.69) is 87.1 Å². The molecule has 93 heavy (non-hydrogen) atoms. The van der Waals surface area contributed by atoms with Gasteiger partial charge in [-0.25, -0.2) is 29.5 Å². The van der Waals surface area contributed by atoms with Crippen molar-refractivity contribution < 1.29 is 34.1 Å². The Morgan fingerprint density at radius 3 is 1.12 bits per heavy atom. The number of nitrogens with zero attached hydrogens (tertiary/aromatic N) is 4. The second kappa shape index (κ2) is 42.5. The smallest absolute Gasteiger partial charge is 0.407 e. The normalized spacial score (nSPS) is 26.1. The van der Waals surface area contributed by atoms with Crippen LogP contribution in [0.4, 0.5) is 21.5 Å². The Hall–Kier alpha value is -5.00. The van der Waals surface area contributed by atoms with Crippen LogP contribution in [0.3, 0.4) is 0 Å². The number of alkyl carbamates (subject to hydrolysis) is 2. The highest BCUT2D eigenvalue weighted by molar-refractivity contribution is 6.92. The van der Waals surface area contributed by atoms with E-state index in [-0.39, 0.29) is 54.1 Å². The summed E-state index contributed by atoms with van der Waals surface area (Å²) in [6.07, 6.45) is 30.3. The van der Waals surface area contributed by atoms with Crippen LogP contribution in [0.25, 0.3) is 21.8 Å². The van der Waals surface area contributed by atoms with Gasteiger partial charge in [0.2, 0.25) is 11.9 Å². The van der Waals surface area contributed by atoms with Crippen molar-refractivity contribution in [3.8, 4) is 0 Å². The van der Waals surface area contributed by atoms with Crippen LogP contribution >= 0.6 is 9.90 Å². The number of aromatic nitrogens is 4. The zero-order valence-electron chi connectivity index (χ0n) is 58.7. The van der Waals surface area contributed by atoms with Gasteiger partial charge in [0.1, 0.15) is 11.2 Å². The van der Waals surface area contributed by atoms with Crippen molar-refractivity contribution in [1.29, 1.82) is 0 Å². The number of rotatable bonds is 12. The van der Waals surface area contributed by atoms with E-state index in [0.29, 0.717) is 36.0 Å². The minimum atomic E-state index is -0.660. The first kappa shape index (κ1) is 82.2. The molecule has 2 aromatic carbocycles. The molecule has 1 unspecified atom stereocenters. The van der Waals surface area contributed by atoms with E-state index < -0.39 is 17.2 Å². The molecule has 2 aromatic heterocycles. The van der Waals surface area contributed by atoms with Gasteiger partial charge in [-0.15, -0.1) is 0 Å². The predicted octanol–water partition coefficient (Wildman–Crippen LogP) is 15.9. The maximum atomic E-state index is 11.5. The Kier molecular flexibility index (Phi) is 37.6. The molecular weight excluding hydrogens is 1190 g/mol. The van der Waals surface area contributed by atoms with E-state index in [9.17, 15) is 14.4 Å². The molecule has 4 aromatic rings. The number of hydrogen-bond acceptors (Lipinski definition) is 15. The number of aryl methyl sites for hydroxylation is 2. The van der Waals surface area contributed by atoms with Gasteiger partial charge >= 0.3 is 18.2 Å². The average molecular weight is 1320 g/mol. The number of amides is 2. The number of aliphatic hydroxyl groups excluding tert-OH is 1. The molecule has 0 radical (unpaired) electrons. The summed E-state index contributed by atoms with van der Waals surface area (Å²) in [6, 6.07) is 18.7. The fourth-order valence-corrected chi connectivity index (χ4v) is 13.3. The third-order valence-electron chi connectivity index (χ3n) is 19.4. The van der Waals surface area contributed by atoms with E-state index in [4.69, 9.17) is 36.9 Å². The summed E-state index contributed by atoms with van der Waals surface area (Å²) in [7, 11) is 0. The van der Waals surface area contributed by atoms with Crippen LogP contribution in [0.2, 0.25) is 0 Å². The summed E-state index contributed by atoms with van der Waals surface area (Å²) in [6.45, 7) is 23.2. The zero-order valence-corrected chi connectivity index (χ0v) is 60.1. The molecule has 6 aliphatic rings. The van der Waals surface area contributed by atoms with Crippen molar-refractivity contribution in [2.75, 3.05) is 23.8 Å². The number of carbonyl (C=O) groups is 3. The van der Waals surface area contributed by atoms with Crippen LogP contribution in [-0.2, 0) is 14.3 Å². The number of aliphatic hydroxyl groups is 1. The monoisotopic (exact) mass is 1320 g/mol. The van der Waals surface area contributed by atoms with E-state index >= 15 is 0 Å². The van der Waals surface area contributed by atoms with Gasteiger partial charge < -0.3 is 58.2 Å². The standard InChI is InChI=1S/C17H23N3.C16H22N4.C13H25NO2.C12H23NO3.C8H17N.C7H13NO2.CH4.H3P/c1-3-13-8-10-14(11-9-13)19-17-18-12(2)15-6-4-5-7-16(15)20-17;1-11-14-4-2-3-5-15(14)20-16(18-11)19-13-8-6-12(10-17)7-9-13;1-5-10-6-8-11(9-7-10)14-12(15)16-13(2,3)4;1-12(2,3)16-11(15)13-10-6-4-9(8-14)5-7-10;1-2-7-3-5-8(9)6-4-7;8-6-3-1-5(2-4-6)7(9)10;;/h4-7,13-14H,3,8-11H2,1-2H3,(H,18,19,20);2-5,12-13H,6-10,17H2,1H3,(H,18,19,20);10-11H,5-9H2,1-4H3,(H,14,15);9-10,14H,4-8H2,1-3H3,(H,13,15);7-8H,2-6,9H2,1H3;5-6H,1-4,8H2,(H,9,10);1H4;1H3. The van der Waals surface area contributed by atoms with E-state index in [0.717, 1.165) is 146 Å². The summed E-state index contributed by atoms with van der Waals surface area (Å²) < 4.78 is 10.4. The lowest BCUT2D eigenvalue weighted by Crippen LogP contribution is -2.41. The number of ether oxygens (including phenoxy) is 2. The van der Waals surface area contributed by atoms with Gasteiger partial charge in [0.05, 0.1) is 28.3 Å². The number of aliphatic carboxylic acids is 1. The Balaban J connectivity index is 0.000000296. The molecule has 6 fully saturated rings. The van der Waals surface area contributed by atoms with Gasteiger partial charge in [-0.1, -0.05) is 83.9 Å². The largest absolute Gasteiger partial charge is 0.481 e. The molecule has 18 nitrogen and oxygen atoms in total. The average Bonchev–Trinajstić information content (AvgIpc) is 0.866. The second-order valence-electron chi connectivity index (χ2n) is 29.1. The fraction of sp³-hybridized carbons (Fsp3) is 0.743. The molecule has 0 saturated heterocycles. The van der Waals surface area contributed by atoms with Crippen LogP contribution in [0.1, 0.15) is 254 Å². The molecular formula is C74H130N11O7P. The van der Waals surface area contributed by atoms with Gasteiger partial charge in [0.25, 0.3) is 0 Å². The molecule has 1 atom stereocenters. The highest BCUT2D eigenvalue weighted by atomic mass is 31.0. The molecule has 0 aliphatic heterocycles. The van der Waals surface area contributed by atoms with Crippen molar-refractivity contribution in [3.05, 3.63) is 59.9 Å². The Morgan fingerprint density at radius 1 is 0.484 bits per heavy atom. The highest BCUT2D eigenvalue weighted by Gasteiger charge is 2.28. The molecule has 528 valence electrons. The Bertz CT molecular complexity index is 2560. The molecule has 12 N–H and O–H groups in total. The number of fused-ring (bicyclic) bond motifs is 2. The minimum absolute atomic E-state index is 0. The maximum absolute atomic E-state index is 11.5. The number of nitrogens with one attached hydrogen (secondary N) is 4. The number of benzene rings is 2. The molecule has 10 rings (SSSR count). The Morgan fingerprint density at radius 2 is 0.796 bits per heavy atom. The SMILES string of the molecule is C.CC(C)(C)OC(=O)NC1CCC(CO)CC1.CCC1CCC(N)CC1.CCC1CCC(NC(=O)OC(C)(C)C)CC1.CCC1CCC(Nc2nc(C)c3ccccc3n2)CC1.Cc1nc(NC2CCC(CN)CC2)nc2ccccc12.NC1CCC(C(=O)O)CC1.P. The molecule has 0 bridgehead atoms. The molecule has 2 amide bonds. The number of carboxylic acids is 1. The van der Waals surface area contributed by atoms with Crippen molar-refractivity contribution >= 4 is 61.8 Å². The number of carbonyl (C=O) groups excluding carboxylic acids is 2. The summed E-state index contributed by atoms with van der Waals surface area (Å²) in [5, 5.41) is 32.7. The summed E-state index contributed by atoms with van der Waals surface area (Å²) in [5.74, 6) is 4.66. The zero-order chi connectivity index (χ0) is 66.5. The van der Waals surface area contributed by atoms with Crippen LogP contribution in [0.15, 0.2) is 48.5 Å². The van der Waals surface area contributed by atoms with Crippen LogP contribution in [0.5, 0.6) is 0 Å². The Labute approximate surface area is 564 Å². The maximum Gasteiger partial charge on any atom is 0.407 e.